The third-order valence-electron chi connectivity index (χ3n) is 3.07. The van der Waals surface area contributed by atoms with Crippen LogP contribution in [0.25, 0.3) is 16.7 Å². The van der Waals surface area contributed by atoms with Crippen molar-refractivity contribution in [3.05, 3.63) is 54.4 Å². The molecule has 108 valence electrons. The summed E-state index contributed by atoms with van der Waals surface area (Å²) in [4.78, 5) is 4.46. The molecular weight excluding hydrogens is 298 g/mol. The molecule has 6 heteroatoms. The minimum absolute atomic E-state index is 0.116. The van der Waals surface area contributed by atoms with Gasteiger partial charge in [0.1, 0.15) is 11.6 Å². The van der Waals surface area contributed by atoms with Crippen molar-refractivity contribution in [3.8, 4) is 11.4 Å². The Hall–Kier alpha value is -2.14. The normalized spacial score (nSPS) is 11.2. The first-order valence-electron chi connectivity index (χ1n) is 6.26. The van der Waals surface area contributed by atoms with Crippen LogP contribution in [0.5, 0.6) is 5.75 Å². The molecule has 3 nitrogen and oxygen atoms in total. The Morgan fingerprint density at radius 3 is 2.48 bits per heavy atom. The van der Waals surface area contributed by atoms with E-state index in [-0.39, 0.29) is 11.6 Å². The van der Waals surface area contributed by atoms with E-state index in [1.165, 1.54) is 12.1 Å². The van der Waals surface area contributed by atoms with Crippen LogP contribution in [0, 0.1) is 0 Å². The van der Waals surface area contributed by atoms with Crippen LogP contribution < -0.4 is 4.74 Å². The molecule has 0 saturated carbocycles. The molecule has 2 aromatic carbocycles. The predicted octanol–water partition coefficient (Wildman–Crippen LogP) is 4.37. The van der Waals surface area contributed by atoms with E-state index in [1.807, 2.05) is 28.8 Å². The maximum absolute atomic E-state index is 12.2. The highest BCUT2D eigenvalue weighted by molar-refractivity contribution is 6.17. The summed E-state index contributed by atoms with van der Waals surface area (Å²) in [7, 11) is 0. The van der Waals surface area contributed by atoms with E-state index in [2.05, 4.69) is 9.72 Å². The number of alkyl halides is 3. The van der Waals surface area contributed by atoms with Gasteiger partial charge in [0.15, 0.2) is 0 Å². The lowest BCUT2D eigenvalue weighted by Crippen LogP contribution is -2.03. The minimum Gasteiger partial charge on any atom is -0.435 e. The molecule has 0 bridgehead atoms. The third-order valence-corrected chi connectivity index (χ3v) is 3.31. The Balaban J connectivity index is 2.07. The van der Waals surface area contributed by atoms with E-state index in [9.17, 15) is 8.78 Å². The maximum Gasteiger partial charge on any atom is 0.387 e. The second-order valence-electron chi connectivity index (χ2n) is 4.36. The van der Waals surface area contributed by atoms with Gasteiger partial charge in [0.25, 0.3) is 0 Å². The average molecular weight is 309 g/mol. The van der Waals surface area contributed by atoms with Gasteiger partial charge in [-0.3, -0.25) is 4.57 Å². The van der Waals surface area contributed by atoms with Gasteiger partial charge in [-0.05, 0) is 36.4 Å². The molecule has 3 rings (SSSR count). The molecule has 0 N–H and O–H groups in total. The van der Waals surface area contributed by atoms with Crippen LogP contribution in [-0.4, -0.2) is 16.2 Å². The van der Waals surface area contributed by atoms with E-state index in [0.29, 0.717) is 5.82 Å². The summed E-state index contributed by atoms with van der Waals surface area (Å²) in [6.45, 7) is -2.83. The van der Waals surface area contributed by atoms with Gasteiger partial charge in [0, 0.05) is 5.69 Å². The Bertz CT molecular complexity index is 756. The molecule has 0 unspecified atom stereocenters. The Morgan fingerprint density at radius 2 is 1.81 bits per heavy atom. The van der Waals surface area contributed by atoms with E-state index in [1.54, 1.807) is 12.1 Å². The molecule has 0 amide bonds. The standard InChI is InChI=1S/C15H11ClF2N2O/c16-9-14-19-12-3-1-2-4-13(12)20(14)10-5-7-11(8-6-10)21-15(17)18/h1-8,15H,9H2. The number of rotatable bonds is 4. The number of aromatic nitrogens is 2. The Kier molecular flexibility index (Phi) is 3.75. The summed E-state index contributed by atoms with van der Waals surface area (Å²) in [5, 5.41) is 0. The predicted molar refractivity (Wildman–Crippen MR) is 77.3 cm³/mol. The van der Waals surface area contributed by atoms with Crippen molar-refractivity contribution in [1.82, 2.24) is 9.55 Å². The molecule has 3 aromatic rings. The number of halogens is 3. The van der Waals surface area contributed by atoms with Gasteiger partial charge in [-0.15, -0.1) is 11.6 Å². The van der Waals surface area contributed by atoms with Crippen LogP contribution in [0.4, 0.5) is 8.78 Å². The fourth-order valence-electron chi connectivity index (χ4n) is 2.23. The Labute approximate surface area is 124 Å². The first kappa shape index (κ1) is 13.8. The van der Waals surface area contributed by atoms with Crippen molar-refractivity contribution in [3.63, 3.8) is 0 Å². The van der Waals surface area contributed by atoms with Crippen molar-refractivity contribution in [1.29, 1.82) is 0 Å². The number of imidazole rings is 1. The van der Waals surface area contributed by atoms with Gasteiger partial charge in [0.05, 0.1) is 16.9 Å². The van der Waals surface area contributed by atoms with Gasteiger partial charge >= 0.3 is 6.61 Å². The fraction of sp³-hybridized carbons (Fsp3) is 0.133. The largest absolute Gasteiger partial charge is 0.435 e. The van der Waals surface area contributed by atoms with Gasteiger partial charge < -0.3 is 4.74 Å². The molecule has 0 fully saturated rings. The van der Waals surface area contributed by atoms with Crippen molar-refractivity contribution in [2.45, 2.75) is 12.5 Å². The molecule has 0 atom stereocenters. The van der Waals surface area contributed by atoms with Gasteiger partial charge in [0.2, 0.25) is 0 Å². The molecular formula is C15H11ClF2N2O. The molecule has 1 heterocycles. The molecule has 0 saturated heterocycles. The highest BCUT2D eigenvalue weighted by atomic mass is 35.5. The maximum atomic E-state index is 12.2. The summed E-state index contributed by atoms with van der Waals surface area (Å²) >= 11 is 5.95. The zero-order valence-corrected chi connectivity index (χ0v) is 11.6. The molecule has 21 heavy (non-hydrogen) atoms. The van der Waals surface area contributed by atoms with Crippen molar-refractivity contribution < 1.29 is 13.5 Å². The lowest BCUT2D eigenvalue weighted by Gasteiger charge is -2.09. The van der Waals surface area contributed by atoms with E-state index in [0.717, 1.165) is 16.7 Å². The summed E-state index contributed by atoms with van der Waals surface area (Å²) in [5.41, 5.74) is 2.54. The van der Waals surface area contributed by atoms with Crippen LogP contribution in [0.15, 0.2) is 48.5 Å². The van der Waals surface area contributed by atoms with E-state index < -0.39 is 6.61 Å². The van der Waals surface area contributed by atoms with Gasteiger partial charge in [-0.2, -0.15) is 8.78 Å². The topological polar surface area (TPSA) is 27.1 Å². The second-order valence-corrected chi connectivity index (χ2v) is 4.63. The van der Waals surface area contributed by atoms with Crippen molar-refractivity contribution in [2.75, 3.05) is 0 Å². The van der Waals surface area contributed by atoms with Crippen LogP contribution in [0.3, 0.4) is 0 Å². The number of ether oxygens (including phenoxy) is 1. The number of fused-ring (bicyclic) bond motifs is 1. The zero-order chi connectivity index (χ0) is 14.8. The summed E-state index contributed by atoms with van der Waals surface area (Å²) in [5.74, 6) is 1.07. The first-order valence-corrected chi connectivity index (χ1v) is 6.80. The highest BCUT2D eigenvalue weighted by Gasteiger charge is 2.11. The van der Waals surface area contributed by atoms with Crippen molar-refractivity contribution in [2.24, 2.45) is 0 Å². The van der Waals surface area contributed by atoms with Crippen LogP contribution in [0.2, 0.25) is 0 Å². The number of benzene rings is 2. The molecule has 0 aliphatic carbocycles. The SMILES string of the molecule is FC(F)Oc1ccc(-n2c(CCl)nc3ccccc32)cc1. The Morgan fingerprint density at radius 1 is 1.10 bits per heavy atom. The van der Waals surface area contributed by atoms with E-state index >= 15 is 0 Å². The van der Waals surface area contributed by atoms with Crippen LogP contribution >= 0.6 is 11.6 Å². The van der Waals surface area contributed by atoms with Crippen LogP contribution in [-0.2, 0) is 5.88 Å². The molecule has 0 spiro atoms. The minimum atomic E-state index is -2.83. The third kappa shape index (κ3) is 2.69. The molecule has 0 radical (unpaired) electrons. The monoisotopic (exact) mass is 308 g/mol. The first-order chi connectivity index (χ1) is 10.2. The zero-order valence-electron chi connectivity index (χ0n) is 10.8. The molecule has 0 aliphatic rings. The average Bonchev–Trinajstić information content (AvgIpc) is 2.86. The van der Waals surface area contributed by atoms with Crippen LogP contribution in [0.1, 0.15) is 5.82 Å². The van der Waals surface area contributed by atoms with Gasteiger partial charge in [-0.25, -0.2) is 4.98 Å². The highest BCUT2D eigenvalue weighted by Crippen LogP contribution is 2.24. The lowest BCUT2D eigenvalue weighted by molar-refractivity contribution is -0.0498. The quantitative estimate of drug-likeness (QED) is 0.669. The number of nitrogens with zero attached hydrogens (tertiary/aromatic N) is 2. The summed E-state index contributed by atoms with van der Waals surface area (Å²) in [6.07, 6.45) is 0. The smallest absolute Gasteiger partial charge is 0.387 e. The second kappa shape index (κ2) is 5.69. The summed E-state index contributed by atoms with van der Waals surface area (Å²) in [6, 6.07) is 14.0. The number of hydrogen-bond acceptors (Lipinski definition) is 2. The van der Waals surface area contributed by atoms with Crippen molar-refractivity contribution >= 4 is 22.6 Å². The number of hydrogen-bond donors (Lipinski definition) is 0. The molecule has 0 aliphatic heterocycles. The fourth-order valence-corrected chi connectivity index (χ4v) is 2.41. The lowest BCUT2D eigenvalue weighted by atomic mass is 10.2. The molecule has 1 aromatic heterocycles. The van der Waals surface area contributed by atoms with Gasteiger partial charge in [-0.1, -0.05) is 12.1 Å². The number of para-hydroxylation sites is 2. The summed E-state index contributed by atoms with van der Waals surface area (Å²) < 4.78 is 30.6. The van der Waals surface area contributed by atoms with E-state index in [4.69, 9.17) is 11.6 Å².